The predicted octanol–water partition coefficient (Wildman–Crippen LogP) is 2.14. The molecular weight excluding hydrogens is 212 g/mol. The van der Waals surface area contributed by atoms with Crippen molar-refractivity contribution in [3.05, 3.63) is 29.8 Å². The molecule has 1 aromatic rings. The van der Waals surface area contributed by atoms with Crippen LogP contribution in [0.2, 0.25) is 19.6 Å². The summed E-state index contributed by atoms with van der Waals surface area (Å²) in [5.41, 5.74) is 1.47. The highest BCUT2D eigenvalue weighted by atomic mass is 28.3. The Morgan fingerprint density at radius 2 is 1.56 bits per heavy atom. The van der Waals surface area contributed by atoms with E-state index in [0.717, 1.165) is 6.54 Å². The molecule has 0 bridgehead atoms. The van der Waals surface area contributed by atoms with E-state index < -0.39 is 8.07 Å². The van der Waals surface area contributed by atoms with Gasteiger partial charge in [0.05, 0.1) is 8.07 Å². The Morgan fingerprint density at radius 1 is 1.00 bits per heavy atom. The summed E-state index contributed by atoms with van der Waals surface area (Å²) in [6, 6.07) is 8.86. The Hall–Kier alpha value is -0.643. The summed E-state index contributed by atoms with van der Waals surface area (Å²) in [5, 5.41) is 5.93. The fraction of sp³-hybridized carbons (Fsp3) is 0.538. The maximum atomic E-state index is 2.40. The highest BCUT2D eigenvalue weighted by molar-refractivity contribution is 6.89. The molecule has 0 heterocycles. The summed E-state index contributed by atoms with van der Waals surface area (Å²) < 4.78 is 0. The lowest BCUT2D eigenvalue weighted by Gasteiger charge is -2.28. The molecule has 16 heavy (non-hydrogen) atoms. The molecule has 1 aromatic carbocycles. The Morgan fingerprint density at radius 3 is 2.06 bits per heavy atom. The van der Waals surface area contributed by atoms with Gasteiger partial charge in [-0.1, -0.05) is 49.1 Å². The van der Waals surface area contributed by atoms with Crippen LogP contribution in [0.5, 0.6) is 0 Å². The van der Waals surface area contributed by atoms with Crippen molar-refractivity contribution in [3.8, 4) is 0 Å². The highest BCUT2D eigenvalue weighted by Crippen LogP contribution is 2.09. The second kappa shape index (κ2) is 5.12. The Bertz CT molecular complexity index is 342. The van der Waals surface area contributed by atoms with Crippen LogP contribution in [-0.2, 0) is 6.54 Å². The average molecular weight is 236 g/mol. The fourth-order valence-electron chi connectivity index (χ4n) is 1.78. The zero-order chi connectivity index (χ0) is 12.3. The number of rotatable bonds is 4. The molecule has 0 fully saturated rings. The molecular formula is C13H24N2Si. The lowest BCUT2D eigenvalue weighted by molar-refractivity contribution is 0.0479. The van der Waals surface area contributed by atoms with Crippen molar-refractivity contribution >= 4 is 13.3 Å². The molecule has 0 aliphatic carbocycles. The van der Waals surface area contributed by atoms with E-state index in [1.165, 1.54) is 5.56 Å². The Balaban J connectivity index is 2.96. The number of benzene rings is 1. The normalized spacial score (nSPS) is 12.5. The lowest BCUT2D eigenvalue weighted by atomic mass is 10.2. The number of nitrogens with zero attached hydrogens (tertiary/aromatic N) is 2. The van der Waals surface area contributed by atoms with Crippen molar-refractivity contribution in [3.63, 3.8) is 0 Å². The first-order valence-electron chi connectivity index (χ1n) is 5.79. The minimum Gasteiger partial charge on any atom is -0.248 e. The summed E-state index contributed by atoms with van der Waals surface area (Å²) in [4.78, 5) is 0. The van der Waals surface area contributed by atoms with Crippen LogP contribution in [0.3, 0.4) is 0 Å². The zero-order valence-electron chi connectivity index (χ0n) is 11.4. The van der Waals surface area contributed by atoms with Crippen LogP contribution in [0.25, 0.3) is 0 Å². The first-order valence-corrected chi connectivity index (χ1v) is 9.29. The zero-order valence-corrected chi connectivity index (χ0v) is 12.4. The molecule has 0 aromatic heterocycles. The minimum atomic E-state index is -1.22. The monoisotopic (exact) mass is 236 g/mol. The van der Waals surface area contributed by atoms with Gasteiger partial charge in [-0.2, -0.15) is 0 Å². The topological polar surface area (TPSA) is 6.48 Å². The first kappa shape index (κ1) is 13.4. The van der Waals surface area contributed by atoms with Crippen LogP contribution in [0.1, 0.15) is 5.56 Å². The summed E-state index contributed by atoms with van der Waals surface area (Å²) in [6.07, 6.45) is 0. The lowest BCUT2D eigenvalue weighted by Crippen LogP contribution is -2.42. The maximum absolute atomic E-state index is 2.40. The summed E-state index contributed by atoms with van der Waals surface area (Å²) in [7, 11) is 5.06. The van der Waals surface area contributed by atoms with Gasteiger partial charge in [0.25, 0.3) is 0 Å². The van der Waals surface area contributed by atoms with Gasteiger partial charge in [0.15, 0.2) is 0 Å². The van der Waals surface area contributed by atoms with Gasteiger partial charge < -0.3 is 0 Å². The van der Waals surface area contributed by atoms with Crippen molar-refractivity contribution in [2.75, 3.05) is 21.1 Å². The number of hydrazine groups is 1. The third kappa shape index (κ3) is 3.44. The summed E-state index contributed by atoms with van der Waals surface area (Å²) in [5.74, 6) is 0. The largest absolute Gasteiger partial charge is 0.248 e. The number of hydrogen-bond acceptors (Lipinski definition) is 2. The Kier molecular flexibility index (Phi) is 4.30. The van der Waals surface area contributed by atoms with Crippen LogP contribution >= 0.6 is 0 Å². The van der Waals surface area contributed by atoms with E-state index in [2.05, 4.69) is 75.1 Å². The smallest absolute Gasteiger partial charge is 0.0780 e. The minimum absolute atomic E-state index is 0.993. The SMILES string of the molecule is CN(C)N(C)Cc1ccccc1[Si](C)(C)C. The van der Waals surface area contributed by atoms with Crippen LogP contribution in [0.4, 0.5) is 0 Å². The fourth-order valence-corrected chi connectivity index (χ4v) is 3.50. The van der Waals surface area contributed by atoms with Crippen LogP contribution < -0.4 is 5.19 Å². The molecule has 3 heteroatoms. The molecule has 1 rings (SSSR count). The summed E-state index contributed by atoms with van der Waals surface area (Å²) in [6.45, 7) is 8.21. The molecule has 0 N–H and O–H groups in total. The van der Waals surface area contributed by atoms with Gasteiger partial charge in [0, 0.05) is 27.7 Å². The second-order valence-corrected chi connectivity index (χ2v) is 10.6. The van der Waals surface area contributed by atoms with E-state index in [1.54, 1.807) is 5.19 Å². The van der Waals surface area contributed by atoms with Gasteiger partial charge in [-0.3, -0.25) is 0 Å². The number of hydrogen-bond donors (Lipinski definition) is 0. The predicted molar refractivity (Wildman–Crippen MR) is 74.6 cm³/mol. The molecule has 0 atom stereocenters. The quantitative estimate of drug-likeness (QED) is 0.584. The molecule has 0 unspecified atom stereocenters. The molecule has 0 amide bonds. The third-order valence-corrected chi connectivity index (χ3v) is 5.01. The molecule has 0 spiro atoms. The Labute approximate surface area is 101 Å². The van der Waals surface area contributed by atoms with E-state index >= 15 is 0 Å². The summed E-state index contributed by atoms with van der Waals surface area (Å²) >= 11 is 0. The van der Waals surface area contributed by atoms with Gasteiger partial charge in [-0.15, -0.1) is 0 Å². The maximum Gasteiger partial charge on any atom is 0.0780 e. The molecule has 0 aliphatic rings. The van der Waals surface area contributed by atoms with Gasteiger partial charge in [-0.05, 0) is 5.56 Å². The van der Waals surface area contributed by atoms with E-state index in [-0.39, 0.29) is 0 Å². The third-order valence-electron chi connectivity index (χ3n) is 2.91. The van der Waals surface area contributed by atoms with Crippen LogP contribution in [0, 0.1) is 0 Å². The molecule has 90 valence electrons. The van der Waals surface area contributed by atoms with Crippen molar-refractivity contribution in [1.29, 1.82) is 0 Å². The molecule has 0 saturated heterocycles. The van der Waals surface area contributed by atoms with E-state index in [1.807, 2.05) is 0 Å². The highest BCUT2D eigenvalue weighted by Gasteiger charge is 2.20. The second-order valence-electron chi connectivity index (χ2n) is 5.57. The molecule has 0 aliphatic heterocycles. The standard InChI is InChI=1S/C13H24N2Si/c1-14(2)15(3)11-12-9-7-8-10-13(12)16(4,5)6/h7-10H,11H2,1-6H3. The van der Waals surface area contributed by atoms with Gasteiger partial charge in [0.1, 0.15) is 0 Å². The first-order chi connectivity index (χ1) is 7.32. The molecule has 2 nitrogen and oxygen atoms in total. The van der Waals surface area contributed by atoms with Crippen molar-refractivity contribution < 1.29 is 0 Å². The molecule has 0 radical (unpaired) electrons. The van der Waals surface area contributed by atoms with E-state index in [0.29, 0.717) is 0 Å². The van der Waals surface area contributed by atoms with Crippen molar-refractivity contribution in [2.24, 2.45) is 0 Å². The van der Waals surface area contributed by atoms with Crippen LogP contribution in [0.15, 0.2) is 24.3 Å². The van der Waals surface area contributed by atoms with Crippen molar-refractivity contribution in [1.82, 2.24) is 10.0 Å². The van der Waals surface area contributed by atoms with Gasteiger partial charge >= 0.3 is 0 Å². The van der Waals surface area contributed by atoms with Gasteiger partial charge in [0.2, 0.25) is 0 Å². The average Bonchev–Trinajstić information content (AvgIpc) is 2.16. The van der Waals surface area contributed by atoms with E-state index in [4.69, 9.17) is 0 Å². The van der Waals surface area contributed by atoms with Gasteiger partial charge in [-0.25, -0.2) is 10.0 Å². The van der Waals surface area contributed by atoms with E-state index in [9.17, 15) is 0 Å². The molecule has 0 saturated carbocycles. The van der Waals surface area contributed by atoms with Crippen molar-refractivity contribution in [2.45, 2.75) is 26.2 Å². The van der Waals surface area contributed by atoms with Crippen LogP contribution in [-0.4, -0.2) is 39.2 Å².